The lowest BCUT2D eigenvalue weighted by Crippen LogP contribution is -2.04. The molecule has 32 heavy (non-hydrogen) atoms. The van der Waals surface area contributed by atoms with Crippen LogP contribution >= 0.6 is 23.5 Å². The summed E-state index contributed by atoms with van der Waals surface area (Å²) in [6.07, 6.45) is 4.17. The molecule has 0 bridgehead atoms. The van der Waals surface area contributed by atoms with Crippen LogP contribution in [-0.2, 0) is 10.5 Å². The molecule has 2 heterocycles. The maximum absolute atomic E-state index is 6.01. The number of rotatable bonds is 7. The molecule has 1 aliphatic heterocycles. The van der Waals surface area contributed by atoms with Gasteiger partial charge in [0.05, 0.1) is 14.2 Å². The number of hydrogen-bond donors (Lipinski definition) is 1. The first-order valence-electron chi connectivity index (χ1n) is 10.5. The Morgan fingerprint density at radius 1 is 1.06 bits per heavy atom. The van der Waals surface area contributed by atoms with Crippen molar-refractivity contribution in [2.75, 3.05) is 32.2 Å². The van der Waals surface area contributed by atoms with E-state index in [9.17, 15) is 0 Å². The maximum atomic E-state index is 6.01. The first-order chi connectivity index (χ1) is 15.7. The Balaban J connectivity index is 0.000000448. The van der Waals surface area contributed by atoms with Crippen LogP contribution in [-0.4, -0.2) is 42.2 Å². The van der Waals surface area contributed by atoms with E-state index in [0.717, 1.165) is 35.2 Å². The molecule has 1 N–H and O–H groups in total. The predicted molar refractivity (Wildman–Crippen MR) is 132 cm³/mol. The molecule has 0 aliphatic carbocycles. The van der Waals surface area contributed by atoms with Crippen LogP contribution in [0.15, 0.2) is 48.8 Å². The third-order valence-corrected chi connectivity index (χ3v) is 5.35. The minimum atomic E-state index is 0.579. The fourth-order valence-electron chi connectivity index (χ4n) is 2.86. The lowest BCUT2D eigenvalue weighted by Gasteiger charge is -2.15. The van der Waals surface area contributed by atoms with Gasteiger partial charge in [0.15, 0.2) is 0 Å². The van der Waals surface area contributed by atoms with Crippen LogP contribution in [0.5, 0.6) is 11.5 Å². The van der Waals surface area contributed by atoms with Gasteiger partial charge in [0.2, 0.25) is 5.95 Å². The lowest BCUT2D eigenvalue weighted by atomic mass is 10.2. The zero-order chi connectivity index (χ0) is 23.2. The summed E-state index contributed by atoms with van der Waals surface area (Å²) < 4.78 is 20.8. The van der Waals surface area contributed by atoms with Gasteiger partial charge in [-0.2, -0.15) is 0 Å². The van der Waals surface area contributed by atoms with Gasteiger partial charge >= 0.3 is 0 Å². The molecule has 174 valence electrons. The minimum Gasteiger partial charge on any atom is -0.494 e. The first kappa shape index (κ1) is 25.8. The molecule has 1 aromatic heterocycles. The Hall–Kier alpha value is -2.42. The van der Waals surface area contributed by atoms with E-state index in [0.29, 0.717) is 17.4 Å². The van der Waals surface area contributed by atoms with E-state index in [2.05, 4.69) is 14.9 Å². The molecule has 0 amide bonds. The summed E-state index contributed by atoms with van der Waals surface area (Å²) in [6.45, 7) is 6.00. The topological polar surface area (TPSA) is 70.4 Å². The van der Waals surface area contributed by atoms with E-state index in [1.165, 1.54) is 24.8 Å². The average molecular weight is 479 g/mol. The number of nitrogens with zero attached hydrogens (tertiary/aromatic N) is 3. The third kappa shape index (κ3) is 7.62. The van der Waals surface area contributed by atoms with Gasteiger partial charge in [-0.1, -0.05) is 43.6 Å². The molecule has 0 saturated carbocycles. The summed E-state index contributed by atoms with van der Waals surface area (Å²) in [5.41, 5.74) is 1.86. The Bertz CT molecular complexity index is 905. The number of ether oxygens (including phenoxy) is 3. The van der Waals surface area contributed by atoms with E-state index in [4.69, 9.17) is 25.8 Å². The molecule has 1 aliphatic rings. The first-order valence-corrected chi connectivity index (χ1v) is 11.9. The van der Waals surface area contributed by atoms with Gasteiger partial charge < -0.3 is 14.2 Å². The number of nitrogens with one attached hydrogen (secondary N) is 1. The van der Waals surface area contributed by atoms with Crippen molar-refractivity contribution in [3.8, 4) is 17.2 Å². The molecule has 0 atom stereocenters. The van der Waals surface area contributed by atoms with Gasteiger partial charge in [0.25, 0.3) is 0 Å². The van der Waals surface area contributed by atoms with Crippen LogP contribution in [0.3, 0.4) is 0 Å². The van der Waals surface area contributed by atoms with Gasteiger partial charge in [-0.05, 0) is 54.6 Å². The number of methoxy groups -OCH3 is 2. The zero-order valence-corrected chi connectivity index (χ0v) is 20.6. The normalized spacial score (nSPS) is 12.2. The molecule has 3 aromatic rings. The highest BCUT2D eigenvalue weighted by atomic mass is 35.5. The minimum absolute atomic E-state index is 0.579. The Morgan fingerprint density at radius 3 is 2.28 bits per heavy atom. The third-order valence-electron chi connectivity index (χ3n) is 4.31. The molecule has 0 radical (unpaired) electrons. The van der Waals surface area contributed by atoms with E-state index < -0.39 is 0 Å². The summed E-state index contributed by atoms with van der Waals surface area (Å²) in [6, 6.07) is 13.3. The largest absolute Gasteiger partial charge is 0.494 e. The van der Waals surface area contributed by atoms with Crippen LogP contribution in [0, 0.1) is 0 Å². The van der Waals surface area contributed by atoms with Gasteiger partial charge in [-0.15, -0.1) is 10.2 Å². The molecule has 0 unspecified atom stereocenters. The average Bonchev–Trinajstić information content (AvgIpc) is 3.55. The van der Waals surface area contributed by atoms with Crippen molar-refractivity contribution in [3.63, 3.8) is 0 Å². The SMILES string of the molecule is C1CCOC1.CC.COc1cccc(OC)c1-n1cnnc1NSCc1cccc(Cl)c1. The number of benzene rings is 2. The smallest absolute Gasteiger partial charge is 0.239 e. The summed E-state index contributed by atoms with van der Waals surface area (Å²) in [4.78, 5) is 0. The van der Waals surface area contributed by atoms with E-state index >= 15 is 0 Å². The van der Waals surface area contributed by atoms with Crippen LogP contribution < -0.4 is 14.2 Å². The van der Waals surface area contributed by atoms with Gasteiger partial charge in [0, 0.05) is 24.0 Å². The summed E-state index contributed by atoms with van der Waals surface area (Å²) >= 11 is 7.51. The second kappa shape index (κ2) is 14.6. The van der Waals surface area contributed by atoms with Crippen LogP contribution in [0.4, 0.5) is 5.95 Å². The van der Waals surface area contributed by atoms with Gasteiger partial charge in [-0.25, -0.2) is 0 Å². The van der Waals surface area contributed by atoms with E-state index in [1.807, 2.05) is 56.3 Å². The quantitative estimate of drug-likeness (QED) is 0.416. The number of para-hydroxylation sites is 1. The monoisotopic (exact) mass is 478 g/mol. The molecular formula is C23H31ClN4O3S. The molecule has 7 nitrogen and oxygen atoms in total. The van der Waals surface area contributed by atoms with Crippen molar-refractivity contribution in [2.45, 2.75) is 32.4 Å². The lowest BCUT2D eigenvalue weighted by molar-refractivity contribution is 0.198. The molecule has 4 rings (SSSR count). The number of aromatic nitrogens is 3. The van der Waals surface area contributed by atoms with Gasteiger partial charge in [0.1, 0.15) is 23.5 Å². The van der Waals surface area contributed by atoms with Crippen molar-refractivity contribution >= 4 is 29.5 Å². The van der Waals surface area contributed by atoms with Crippen LogP contribution in [0.1, 0.15) is 32.3 Å². The second-order valence-electron chi connectivity index (χ2n) is 6.38. The molecule has 0 spiro atoms. The highest BCUT2D eigenvalue weighted by molar-refractivity contribution is 7.99. The van der Waals surface area contributed by atoms with Crippen molar-refractivity contribution in [1.29, 1.82) is 0 Å². The Labute approximate surface area is 199 Å². The van der Waals surface area contributed by atoms with Crippen LogP contribution in [0.25, 0.3) is 5.69 Å². The molecule has 9 heteroatoms. The highest BCUT2D eigenvalue weighted by Gasteiger charge is 2.16. The summed E-state index contributed by atoms with van der Waals surface area (Å²) in [7, 11) is 3.23. The van der Waals surface area contributed by atoms with E-state index in [-0.39, 0.29) is 0 Å². The van der Waals surface area contributed by atoms with Gasteiger partial charge in [-0.3, -0.25) is 9.29 Å². The standard InChI is InChI=1S/C17H17ClN4O2S.C4H8O.C2H6/c1-23-14-7-4-8-15(24-2)16(14)22-11-19-20-17(22)21-25-10-12-5-3-6-13(18)9-12;1-2-4-5-3-1;1-2/h3-9,11H,10H2,1-2H3,(H,20,21);1-4H2;1-2H3. The van der Waals surface area contributed by atoms with Crippen LogP contribution in [0.2, 0.25) is 5.02 Å². The number of anilines is 1. The van der Waals surface area contributed by atoms with Crippen molar-refractivity contribution < 1.29 is 14.2 Å². The highest BCUT2D eigenvalue weighted by Crippen LogP contribution is 2.34. The number of halogens is 1. The molecule has 2 aromatic carbocycles. The van der Waals surface area contributed by atoms with Crippen molar-refractivity contribution in [2.24, 2.45) is 0 Å². The van der Waals surface area contributed by atoms with Crippen molar-refractivity contribution in [1.82, 2.24) is 14.8 Å². The van der Waals surface area contributed by atoms with Crippen molar-refractivity contribution in [3.05, 3.63) is 59.4 Å². The summed E-state index contributed by atoms with van der Waals surface area (Å²) in [5, 5.41) is 8.85. The Kier molecular flexibility index (Phi) is 11.8. The molecule has 1 fully saturated rings. The molecular weight excluding hydrogens is 448 g/mol. The Morgan fingerprint density at radius 2 is 1.72 bits per heavy atom. The predicted octanol–water partition coefficient (Wildman–Crippen LogP) is 6.02. The molecule has 1 saturated heterocycles. The number of hydrogen-bond acceptors (Lipinski definition) is 7. The maximum Gasteiger partial charge on any atom is 0.239 e. The zero-order valence-electron chi connectivity index (χ0n) is 19.0. The second-order valence-corrected chi connectivity index (χ2v) is 7.59. The fraction of sp³-hybridized carbons (Fsp3) is 0.391. The summed E-state index contributed by atoms with van der Waals surface area (Å²) in [5.74, 6) is 2.65. The fourth-order valence-corrected chi connectivity index (χ4v) is 3.76. The van der Waals surface area contributed by atoms with E-state index in [1.54, 1.807) is 25.1 Å².